The quantitative estimate of drug-likeness (QED) is 0.723. The Hall–Kier alpha value is -1.48. The minimum absolute atomic E-state index is 0.0681. The number of aromatic hydroxyl groups is 1. The Morgan fingerprint density at radius 2 is 2.26 bits per heavy atom. The molecule has 3 heteroatoms. The summed E-state index contributed by atoms with van der Waals surface area (Å²) in [7, 11) is 2.18. The van der Waals surface area contributed by atoms with E-state index in [0.717, 1.165) is 19.4 Å². The Morgan fingerprint density at radius 3 is 3.05 bits per heavy atom. The largest absolute Gasteiger partial charge is 0.504 e. The van der Waals surface area contributed by atoms with Crippen molar-refractivity contribution in [2.24, 2.45) is 0 Å². The van der Waals surface area contributed by atoms with Crippen molar-refractivity contribution in [2.45, 2.75) is 37.3 Å². The Labute approximate surface area is 113 Å². The fourth-order valence-corrected chi connectivity index (χ4v) is 4.34. The van der Waals surface area contributed by atoms with Gasteiger partial charge in [-0.1, -0.05) is 12.6 Å². The molecule has 0 radical (unpaired) electrons. The molecule has 3 nitrogen and oxygen atoms in total. The van der Waals surface area contributed by atoms with E-state index in [4.69, 9.17) is 4.74 Å². The standard InChI is InChI=1S/C16H19NO2/c1-9-12-8-11-4-5-13(18)15-14(11)16(9,10(2)19-15)6-7-17(12)3/h4-5,10,12,18H,1,6-8H2,2-3H3. The van der Waals surface area contributed by atoms with Crippen molar-refractivity contribution in [1.82, 2.24) is 4.90 Å². The number of piperidine rings is 1. The predicted molar refractivity (Wildman–Crippen MR) is 73.8 cm³/mol. The number of hydrogen-bond acceptors (Lipinski definition) is 3. The highest BCUT2D eigenvalue weighted by molar-refractivity contribution is 5.64. The minimum atomic E-state index is -0.0845. The van der Waals surface area contributed by atoms with E-state index in [1.165, 1.54) is 16.7 Å². The maximum atomic E-state index is 10.1. The topological polar surface area (TPSA) is 32.7 Å². The van der Waals surface area contributed by atoms with Crippen LogP contribution < -0.4 is 4.74 Å². The Morgan fingerprint density at radius 1 is 1.47 bits per heavy atom. The van der Waals surface area contributed by atoms with E-state index >= 15 is 0 Å². The van der Waals surface area contributed by atoms with Crippen LogP contribution in [-0.2, 0) is 11.8 Å². The van der Waals surface area contributed by atoms with Gasteiger partial charge in [0.05, 0.1) is 5.41 Å². The summed E-state index contributed by atoms with van der Waals surface area (Å²) in [6, 6.07) is 4.23. The van der Waals surface area contributed by atoms with Crippen molar-refractivity contribution in [2.75, 3.05) is 13.6 Å². The maximum Gasteiger partial charge on any atom is 0.165 e. The smallest absolute Gasteiger partial charge is 0.165 e. The van der Waals surface area contributed by atoms with E-state index in [2.05, 4.69) is 31.5 Å². The summed E-state index contributed by atoms with van der Waals surface area (Å²) in [6.07, 6.45) is 2.08. The van der Waals surface area contributed by atoms with Gasteiger partial charge in [-0.05, 0) is 50.6 Å². The van der Waals surface area contributed by atoms with Crippen LogP contribution in [0, 0.1) is 0 Å². The van der Waals surface area contributed by atoms with Gasteiger partial charge in [-0.2, -0.15) is 0 Å². The molecular weight excluding hydrogens is 238 g/mol. The number of nitrogens with zero attached hydrogens (tertiary/aromatic N) is 1. The van der Waals surface area contributed by atoms with Gasteiger partial charge < -0.3 is 9.84 Å². The first kappa shape index (κ1) is 11.4. The number of ether oxygens (including phenoxy) is 1. The zero-order chi connectivity index (χ0) is 13.4. The molecule has 4 rings (SSSR count). The van der Waals surface area contributed by atoms with E-state index in [1.807, 2.05) is 0 Å². The van der Waals surface area contributed by atoms with Crippen molar-refractivity contribution < 1.29 is 9.84 Å². The third kappa shape index (κ3) is 1.13. The van der Waals surface area contributed by atoms with Crippen LogP contribution in [0.1, 0.15) is 24.5 Å². The number of fused-ring (bicyclic) bond motifs is 1. The van der Waals surface area contributed by atoms with Gasteiger partial charge in [0, 0.05) is 11.6 Å². The van der Waals surface area contributed by atoms with E-state index in [0.29, 0.717) is 11.8 Å². The molecule has 3 atom stereocenters. The molecule has 19 heavy (non-hydrogen) atoms. The lowest BCUT2D eigenvalue weighted by Crippen LogP contribution is -2.56. The fourth-order valence-electron chi connectivity index (χ4n) is 4.34. The summed E-state index contributed by atoms with van der Waals surface area (Å²) in [4.78, 5) is 2.40. The van der Waals surface area contributed by atoms with Crippen LogP contribution in [0.2, 0.25) is 0 Å². The van der Waals surface area contributed by atoms with Crippen LogP contribution in [-0.4, -0.2) is 35.7 Å². The number of likely N-dealkylation sites (N-methyl/N-ethyl adjacent to an activating group) is 1. The van der Waals surface area contributed by atoms with Crippen LogP contribution in [0.15, 0.2) is 24.3 Å². The van der Waals surface area contributed by atoms with E-state index in [9.17, 15) is 5.11 Å². The van der Waals surface area contributed by atoms with Crippen molar-refractivity contribution in [3.05, 3.63) is 35.4 Å². The first-order valence-corrected chi connectivity index (χ1v) is 6.97. The molecule has 3 unspecified atom stereocenters. The van der Waals surface area contributed by atoms with Gasteiger partial charge in [0.2, 0.25) is 0 Å². The predicted octanol–water partition coefficient (Wildman–Crippen LogP) is 2.23. The lowest BCUT2D eigenvalue weighted by molar-refractivity contribution is 0.106. The van der Waals surface area contributed by atoms with Gasteiger partial charge in [-0.3, -0.25) is 4.90 Å². The molecule has 1 aromatic carbocycles. The van der Waals surface area contributed by atoms with E-state index < -0.39 is 0 Å². The normalized spacial score (nSPS) is 36.0. The summed E-state index contributed by atoms with van der Waals surface area (Å²) >= 11 is 0. The summed E-state index contributed by atoms with van der Waals surface area (Å²) < 4.78 is 6.01. The summed E-state index contributed by atoms with van der Waals surface area (Å²) in [5.41, 5.74) is 3.72. The van der Waals surface area contributed by atoms with Crippen LogP contribution >= 0.6 is 0 Å². The van der Waals surface area contributed by atoms with E-state index in [-0.39, 0.29) is 17.3 Å². The van der Waals surface area contributed by atoms with E-state index in [1.54, 1.807) is 6.07 Å². The Balaban J connectivity index is 2.04. The van der Waals surface area contributed by atoms with Crippen LogP contribution in [0.25, 0.3) is 0 Å². The number of hydrogen-bond donors (Lipinski definition) is 1. The monoisotopic (exact) mass is 257 g/mol. The SMILES string of the molecule is C=C1C2Cc3ccc(O)c4c3C1(CCN2C)C(C)O4. The second-order valence-corrected chi connectivity index (χ2v) is 6.16. The third-order valence-electron chi connectivity index (χ3n) is 5.44. The molecule has 2 aliphatic heterocycles. The van der Waals surface area contributed by atoms with Crippen molar-refractivity contribution >= 4 is 0 Å². The second kappa shape index (κ2) is 3.34. The number of benzene rings is 1. The van der Waals surface area contributed by atoms with Crippen molar-refractivity contribution in [1.29, 1.82) is 0 Å². The Bertz CT molecular complexity index is 595. The number of phenolic OH excluding ortho intramolecular Hbond substituents is 1. The van der Waals surface area contributed by atoms with Gasteiger partial charge >= 0.3 is 0 Å². The zero-order valence-corrected chi connectivity index (χ0v) is 11.4. The number of phenols is 1. The lowest BCUT2D eigenvalue weighted by Gasteiger charge is -2.50. The van der Waals surface area contributed by atoms with Crippen molar-refractivity contribution in [3.63, 3.8) is 0 Å². The molecule has 0 saturated carbocycles. The molecule has 0 aromatic heterocycles. The molecule has 1 N–H and O–H groups in total. The highest BCUT2D eigenvalue weighted by atomic mass is 16.5. The molecule has 1 spiro atoms. The molecule has 1 saturated heterocycles. The molecule has 1 fully saturated rings. The van der Waals surface area contributed by atoms with Gasteiger partial charge in [-0.15, -0.1) is 0 Å². The molecule has 3 aliphatic rings. The summed E-state index contributed by atoms with van der Waals surface area (Å²) in [5, 5.41) is 10.1. The van der Waals surface area contributed by atoms with Gasteiger partial charge in [0.1, 0.15) is 6.10 Å². The Kier molecular flexibility index (Phi) is 2.00. The summed E-state index contributed by atoms with van der Waals surface area (Å²) in [6.45, 7) is 7.58. The average molecular weight is 257 g/mol. The fraction of sp³-hybridized carbons (Fsp3) is 0.500. The number of rotatable bonds is 0. The molecule has 1 aliphatic carbocycles. The van der Waals surface area contributed by atoms with Crippen LogP contribution in [0.4, 0.5) is 0 Å². The lowest BCUT2D eigenvalue weighted by atomic mass is 9.59. The first-order valence-electron chi connectivity index (χ1n) is 6.97. The van der Waals surface area contributed by atoms with Gasteiger partial charge in [-0.25, -0.2) is 0 Å². The molecule has 1 aromatic rings. The van der Waals surface area contributed by atoms with Gasteiger partial charge in [0.25, 0.3) is 0 Å². The zero-order valence-electron chi connectivity index (χ0n) is 11.4. The second-order valence-electron chi connectivity index (χ2n) is 6.16. The molecule has 0 amide bonds. The third-order valence-corrected chi connectivity index (χ3v) is 5.44. The molecule has 100 valence electrons. The number of likely N-dealkylation sites (tertiary alicyclic amines) is 1. The maximum absolute atomic E-state index is 10.1. The van der Waals surface area contributed by atoms with Crippen molar-refractivity contribution in [3.8, 4) is 11.5 Å². The van der Waals surface area contributed by atoms with Gasteiger partial charge in [0.15, 0.2) is 11.5 Å². The first-order chi connectivity index (χ1) is 9.05. The highest BCUT2D eigenvalue weighted by Gasteiger charge is 2.57. The molecular formula is C16H19NO2. The highest BCUT2D eigenvalue weighted by Crippen LogP contribution is 2.59. The summed E-state index contributed by atoms with van der Waals surface area (Å²) in [5.74, 6) is 0.974. The molecule has 2 heterocycles. The average Bonchev–Trinajstić information content (AvgIpc) is 2.67. The van der Waals surface area contributed by atoms with Crippen LogP contribution in [0.3, 0.4) is 0 Å². The van der Waals surface area contributed by atoms with Crippen LogP contribution in [0.5, 0.6) is 11.5 Å². The molecule has 2 bridgehead atoms. The minimum Gasteiger partial charge on any atom is -0.504 e.